The number of aromatic nitrogens is 1. The summed E-state index contributed by atoms with van der Waals surface area (Å²) >= 11 is 17.8. The van der Waals surface area contributed by atoms with Gasteiger partial charge in [-0.2, -0.15) is 0 Å². The lowest BCUT2D eigenvalue weighted by atomic mass is 10.0. The quantitative estimate of drug-likeness (QED) is 0.280. The molecule has 0 aliphatic carbocycles. The molecule has 0 saturated carbocycles. The van der Waals surface area contributed by atoms with E-state index in [2.05, 4.69) is 5.32 Å². The van der Waals surface area contributed by atoms with Crippen LogP contribution in [-0.4, -0.2) is 21.5 Å². The number of carbonyl (C=O) groups is 2. The summed E-state index contributed by atoms with van der Waals surface area (Å²) in [6.07, 6.45) is 1.60. The van der Waals surface area contributed by atoms with Gasteiger partial charge in [-0.25, -0.2) is 0 Å². The number of nitrogens with zero attached hydrogens (tertiary/aromatic N) is 2. The summed E-state index contributed by atoms with van der Waals surface area (Å²) in [6, 6.07) is 12.9. The Morgan fingerprint density at radius 1 is 0.939 bits per heavy atom. The molecule has 8 heteroatoms. The number of nitrogens with one attached hydrogen (secondary N) is 1. The summed E-state index contributed by atoms with van der Waals surface area (Å²) < 4.78 is 1.96. The highest BCUT2D eigenvalue weighted by Crippen LogP contribution is 2.31. The first-order valence-electron chi connectivity index (χ1n) is 10.2. The second-order valence-electron chi connectivity index (χ2n) is 8.01. The highest BCUT2D eigenvalue weighted by Gasteiger charge is 2.35. The number of halogens is 2. The van der Waals surface area contributed by atoms with Crippen LogP contribution in [0.4, 0.5) is 5.69 Å². The number of aryl methyl sites for hydroxylation is 3. The zero-order chi connectivity index (χ0) is 24.0. The fourth-order valence-electron chi connectivity index (χ4n) is 4.06. The minimum Gasteiger partial charge on any atom is -0.316 e. The fraction of sp³-hybridized carbons (Fsp3) is 0.160. The van der Waals surface area contributed by atoms with Crippen molar-refractivity contribution in [2.24, 2.45) is 0 Å². The van der Waals surface area contributed by atoms with Crippen LogP contribution in [0.15, 0.2) is 48.0 Å². The molecule has 3 aromatic rings. The lowest BCUT2D eigenvalue weighted by molar-refractivity contribution is -0.122. The number of amides is 2. The van der Waals surface area contributed by atoms with Crippen LogP contribution in [0.5, 0.6) is 0 Å². The number of hydrogen-bond donors (Lipinski definition) is 1. The van der Waals surface area contributed by atoms with Crippen molar-refractivity contribution in [3.8, 4) is 5.69 Å². The van der Waals surface area contributed by atoms with E-state index in [9.17, 15) is 9.59 Å². The van der Waals surface area contributed by atoms with E-state index in [4.69, 9.17) is 35.4 Å². The Kier molecular flexibility index (Phi) is 6.18. The molecule has 2 amide bonds. The highest BCUT2D eigenvalue weighted by atomic mass is 35.5. The van der Waals surface area contributed by atoms with Crippen LogP contribution < -0.4 is 10.2 Å². The Hall–Kier alpha value is -2.93. The maximum Gasteiger partial charge on any atom is 0.270 e. The van der Waals surface area contributed by atoms with Gasteiger partial charge in [-0.3, -0.25) is 19.8 Å². The van der Waals surface area contributed by atoms with E-state index < -0.39 is 11.8 Å². The Balaban J connectivity index is 1.79. The van der Waals surface area contributed by atoms with Gasteiger partial charge in [-0.05, 0) is 87.4 Å². The third-order valence-electron chi connectivity index (χ3n) is 5.62. The van der Waals surface area contributed by atoms with Gasteiger partial charge in [0.1, 0.15) is 5.57 Å². The molecule has 0 radical (unpaired) electrons. The third-order valence-corrected chi connectivity index (χ3v) is 6.44. The zero-order valence-corrected chi connectivity index (χ0v) is 20.8. The molecule has 0 bridgehead atoms. The van der Waals surface area contributed by atoms with E-state index in [1.54, 1.807) is 18.2 Å². The van der Waals surface area contributed by atoms with Gasteiger partial charge < -0.3 is 4.57 Å². The molecule has 2 heterocycles. The summed E-state index contributed by atoms with van der Waals surface area (Å²) in [5, 5.41) is 3.75. The van der Waals surface area contributed by atoms with E-state index in [1.165, 1.54) is 4.90 Å². The number of rotatable bonds is 3. The lowest BCUT2D eigenvalue weighted by Crippen LogP contribution is -2.54. The summed E-state index contributed by atoms with van der Waals surface area (Å²) in [5.74, 6) is -0.995. The van der Waals surface area contributed by atoms with Crippen molar-refractivity contribution in [2.75, 3.05) is 4.90 Å². The van der Waals surface area contributed by atoms with Crippen LogP contribution in [0.2, 0.25) is 10.0 Å². The van der Waals surface area contributed by atoms with Gasteiger partial charge in [0.05, 0.1) is 16.4 Å². The number of anilines is 1. The van der Waals surface area contributed by atoms with Crippen LogP contribution in [0, 0.1) is 27.7 Å². The van der Waals surface area contributed by atoms with Crippen molar-refractivity contribution in [1.82, 2.24) is 9.88 Å². The number of thiocarbonyl (C=S) groups is 1. The second-order valence-corrected chi connectivity index (χ2v) is 9.24. The van der Waals surface area contributed by atoms with Crippen molar-refractivity contribution in [1.29, 1.82) is 0 Å². The summed E-state index contributed by atoms with van der Waals surface area (Å²) in [7, 11) is 0. The van der Waals surface area contributed by atoms with E-state index in [0.29, 0.717) is 15.7 Å². The van der Waals surface area contributed by atoms with E-state index in [-0.39, 0.29) is 10.7 Å². The molecular weight excluding hydrogens is 477 g/mol. The Bertz CT molecular complexity index is 1370. The lowest BCUT2D eigenvalue weighted by Gasteiger charge is -2.30. The van der Waals surface area contributed by atoms with Gasteiger partial charge in [-0.1, -0.05) is 40.9 Å². The van der Waals surface area contributed by atoms with Crippen LogP contribution in [0.1, 0.15) is 28.1 Å². The summed E-state index contributed by atoms with van der Waals surface area (Å²) in [6.45, 7) is 7.71. The van der Waals surface area contributed by atoms with Gasteiger partial charge in [-0.15, -0.1) is 0 Å². The minimum atomic E-state index is -0.527. The standard InChI is InChI=1S/C25H21Cl2N3O2S/c1-13-5-7-21(14(2)9-13)30-24(32)19(23(31)28-25(30)33)11-17-10-15(3)29(16(17)4)22-8-6-18(26)12-20(22)27/h5-12H,1-4H3,(H,28,31,33)/b19-11+. The molecule has 2 aromatic carbocycles. The molecule has 0 unspecified atom stereocenters. The van der Waals surface area contributed by atoms with Gasteiger partial charge in [0.2, 0.25) is 0 Å². The van der Waals surface area contributed by atoms with Crippen LogP contribution in [0.25, 0.3) is 11.8 Å². The fourth-order valence-corrected chi connectivity index (χ4v) is 4.82. The molecule has 5 nitrogen and oxygen atoms in total. The molecule has 33 heavy (non-hydrogen) atoms. The average Bonchev–Trinajstić information content (AvgIpc) is 3.00. The van der Waals surface area contributed by atoms with Crippen LogP contribution >= 0.6 is 35.4 Å². The van der Waals surface area contributed by atoms with Gasteiger partial charge >= 0.3 is 0 Å². The topological polar surface area (TPSA) is 54.3 Å². The largest absolute Gasteiger partial charge is 0.316 e. The Morgan fingerprint density at radius 2 is 1.64 bits per heavy atom. The monoisotopic (exact) mass is 497 g/mol. The first kappa shape index (κ1) is 23.2. The predicted molar refractivity (Wildman–Crippen MR) is 137 cm³/mol. The van der Waals surface area contributed by atoms with E-state index >= 15 is 0 Å². The van der Waals surface area contributed by atoms with E-state index in [0.717, 1.165) is 33.8 Å². The van der Waals surface area contributed by atoms with Crippen molar-refractivity contribution >= 4 is 64.1 Å². The third kappa shape index (κ3) is 4.22. The van der Waals surface area contributed by atoms with E-state index in [1.807, 2.05) is 62.6 Å². The Labute approximate surface area is 207 Å². The molecule has 168 valence electrons. The summed E-state index contributed by atoms with van der Waals surface area (Å²) in [5.41, 5.74) is 5.82. The number of hydrogen-bond acceptors (Lipinski definition) is 3. The highest BCUT2D eigenvalue weighted by molar-refractivity contribution is 7.80. The number of benzene rings is 2. The maximum atomic E-state index is 13.4. The predicted octanol–water partition coefficient (Wildman–Crippen LogP) is 5.85. The van der Waals surface area contributed by atoms with Crippen molar-refractivity contribution in [2.45, 2.75) is 27.7 Å². The minimum absolute atomic E-state index is 0.00558. The normalized spacial score (nSPS) is 15.4. The molecule has 0 spiro atoms. The van der Waals surface area contributed by atoms with Gasteiger partial charge in [0.15, 0.2) is 5.11 Å². The molecule has 4 rings (SSSR count). The molecule has 0 atom stereocenters. The summed E-state index contributed by atoms with van der Waals surface area (Å²) in [4.78, 5) is 27.5. The van der Waals surface area contributed by atoms with Crippen LogP contribution in [0.3, 0.4) is 0 Å². The molecule has 1 fully saturated rings. The zero-order valence-electron chi connectivity index (χ0n) is 18.5. The smallest absolute Gasteiger partial charge is 0.270 e. The van der Waals surface area contributed by atoms with Crippen LogP contribution in [-0.2, 0) is 9.59 Å². The van der Waals surface area contributed by atoms with Crippen molar-refractivity contribution < 1.29 is 9.59 Å². The van der Waals surface area contributed by atoms with Crippen molar-refractivity contribution in [3.63, 3.8) is 0 Å². The first-order valence-corrected chi connectivity index (χ1v) is 11.4. The molecule has 1 aromatic heterocycles. The van der Waals surface area contributed by atoms with Gasteiger partial charge in [0, 0.05) is 16.4 Å². The molecular formula is C25H21Cl2N3O2S. The molecule has 1 aliphatic rings. The average molecular weight is 498 g/mol. The SMILES string of the molecule is Cc1ccc(N2C(=O)/C(=C/c3cc(C)n(-c4ccc(Cl)cc4Cl)c3C)C(=O)NC2=S)c(C)c1. The second kappa shape index (κ2) is 8.78. The number of carbonyl (C=O) groups excluding carboxylic acids is 2. The first-order chi connectivity index (χ1) is 15.6. The maximum absolute atomic E-state index is 13.4. The van der Waals surface area contributed by atoms with Crippen molar-refractivity contribution in [3.05, 3.63) is 86.2 Å². The molecule has 1 N–H and O–H groups in total. The molecule has 1 saturated heterocycles. The van der Waals surface area contributed by atoms with Gasteiger partial charge in [0.25, 0.3) is 11.8 Å². The Morgan fingerprint density at radius 3 is 2.30 bits per heavy atom. The molecule has 1 aliphatic heterocycles.